The Bertz CT molecular complexity index is 6410. The molecule has 12 rings (SSSR count). The number of hydrogen-bond donors (Lipinski definition) is 4. The molecule has 4 aromatic heterocycles. The summed E-state index contributed by atoms with van der Waals surface area (Å²) in [5.74, 6) is -2.83. The van der Waals surface area contributed by atoms with Gasteiger partial charge >= 0.3 is 22.8 Å². The number of amides is 4. The Balaban J connectivity index is 0.000000191. The molecule has 8 aromatic carbocycles. The van der Waals surface area contributed by atoms with E-state index in [2.05, 4.69) is 37.2 Å². The molecule has 0 radical (unpaired) electrons. The highest BCUT2D eigenvalue weighted by molar-refractivity contribution is 9.10. The van der Waals surface area contributed by atoms with Crippen molar-refractivity contribution in [3.05, 3.63) is 385 Å². The number of nitrogens with one attached hydrogen (secondary N) is 4. The highest BCUT2D eigenvalue weighted by atomic mass is 79.9. The van der Waals surface area contributed by atoms with Gasteiger partial charge in [-0.15, -0.1) is 0 Å². The fraction of sp³-hybridized carbons (Fsp3) is 0.234. The quantitative estimate of drug-likeness (QED) is 0.0338. The first-order valence-corrected chi connectivity index (χ1v) is 43.1. The summed E-state index contributed by atoms with van der Waals surface area (Å²) in [6, 6.07) is 59.3. The molecule has 4 amide bonds. The van der Waals surface area contributed by atoms with Gasteiger partial charge in [-0.3, -0.25) is 56.6 Å². The number of benzene rings is 8. The van der Waals surface area contributed by atoms with E-state index < -0.39 is 78.5 Å². The first kappa shape index (κ1) is 95.5. The molecule has 0 aliphatic carbocycles. The van der Waals surface area contributed by atoms with E-state index in [0.29, 0.717) is 61.3 Å². The van der Waals surface area contributed by atoms with Crippen molar-refractivity contribution in [2.75, 3.05) is 6.26 Å². The van der Waals surface area contributed by atoms with Crippen LogP contribution < -0.4 is 66.3 Å². The number of hydrogen-bond acceptors (Lipinski definition) is 18. The Morgan fingerprint density at radius 1 is 0.362 bits per heavy atom. The van der Waals surface area contributed by atoms with Crippen molar-refractivity contribution in [1.82, 2.24) is 57.8 Å². The lowest BCUT2D eigenvalue weighted by Crippen LogP contribution is -2.43. The molecule has 0 bridgehead atoms. The van der Waals surface area contributed by atoms with Crippen LogP contribution >= 0.6 is 15.9 Å². The zero-order chi connectivity index (χ0) is 92.0. The van der Waals surface area contributed by atoms with Gasteiger partial charge in [0.15, 0.2) is 9.84 Å². The van der Waals surface area contributed by atoms with Crippen LogP contribution in [0, 0.1) is 58.1 Å². The van der Waals surface area contributed by atoms with Crippen molar-refractivity contribution >= 4 is 49.4 Å². The Kier molecular flexibility index (Phi) is 34.4. The van der Waals surface area contributed by atoms with Crippen LogP contribution in [0.5, 0.6) is 0 Å². The van der Waals surface area contributed by atoms with E-state index in [9.17, 15) is 80.9 Å². The van der Waals surface area contributed by atoms with Crippen LogP contribution in [-0.2, 0) is 62.2 Å². The lowest BCUT2D eigenvalue weighted by atomic mass is 10.1. The van der Waals surface area contributed by atoms with Gasteiger partial charge in [0, 0.05) is 87.9 Å². The molecule has 30 nitrogen and oxygen atoms in total. The maximum Gasteiger partial charge on any atom is 0.335 e. The Labute approximate surface area is 737 Å². The van der Waals surface area contributed by atoms with Gasteiger partial charge in [0.05, 0.1) is 74.2 Å². The number of halogens is 2. The van der Waals surface area contributed by atoms with E-state index in [1.807, 2.05) is 107 Å². The predicted octanol–water partition coefficient (Wildman–Crippen LogP) is 11.0. The molecule has 0 spiro atoms. The fourth-order valence-electron chi connectivity index (χ4n) is 12.6. The molecule has 0 saturated heterocycles. The van der Waals surface area contributed by atoms with Crippen molar-refractivity contribution in [1.29, 1.82) is 21.0 Å². The van der Waals surface area contributed by atoms with E-state index in [1.54, 1.807) is 72.8 Å². The number of rotatable bonds is 29. The number of unbranched alkanes of at least 4 members (excludes halogenated alkanes) is 4. The van der Waals surface area contributed by atoms with Crippen LogP contribution in [0.15, 0.2) is 267 Å². The number of nitrogens with zero attached hydrogens (tertiary/aromatic N) is 12. The normalized spacial score (nSPS) is 10.6. The van der Waals surface area contributed by atoms with Crippen LogP contribution in [0.4, 0.5) is 4.39 Å². The third-order valence-corrected chi connectivity index (χ3v) is 21.3. The van der Waals surface area contributed by atoms with Crippen molar-refractivity contribution < 1.29 is 32.0 Å². The van der Waals surface area contributed by atoms with E-state index in [-0.39, 0.29) is 93.0 Å². The second-order valence-electron chi connectivity index (χ2n) is 29.1. The average molecular weight is 1800 g/mol. The number of nitriles is 4. The maximum atomic E-state index is 13.2. The van der Waals surface area contributed by atoms with Crippen LogP contribution in [0.25, 0.3) is 22.7 Å². The molecule has 4 heterocycles. The monoisotopic (exact) mass is 1800 g/mol. The average Bonchev–Trinajstić information content (AvgIpc) is 0.792. The molecular weight excluding hydrogens is 1710 g/mol. The van der Waals surface area contributed by atoms with Crippen LogP contribution in [0.3, 0.4) is 0 Å². The largest absolute Gasteiger partial charge is 0.348 e. The lowest BCUT2D eigenvalue weighted by molar-refractivity contribution is 0.0939. The van der Waals surface area contributed by atoms with E-state index in [0.717, 1.165) is 84.2 Å². The third-order valence-electron chi connectivity index (χ3n) is 19.7. The molecule has 0 fully saturated rings. The van der Waals surface area contributed by atoms with Gasteiger partial charge < -0.3 is 21.3 Å². The summed E-state index contributed by atoms with van der Waals surface area (Å²) < 4.78 is 46.3. The number of carbonyl (C=O) groups excluding carboxylic acids is 4. The van der Waals surface area contributed by atoms with E-state index in [4.69, 9.17) is 10.5 Å². The summed E-state index contributed by atoms with van der Waals surface area (Å²) in [5.41, 5.74) is 0.387. The van der Waals surface area contributed by atoms with Crippen molar-refractivity contribution in [2.45, 2.75) is 143 Å². The molecule has 0 atom stereocenters. The minimum Gasteiger partial charge on any atom is -0.348 e. The lowest BCUT2D eigenvalue weighted by Gasteiger charge is -2.13. The standard InChI is InChI=1S/C24H24N4O5S.C24H24N4O3.C23H21BrN4O3.C23H21FN4O3/c1-3-4-12-27-16-21(22(29)26-15-17-8-10-20(11-9-17)34(2,32)33)23(30)28(24(27)31)19-7-5-6-18(13-19)14-25;1-3-4-12-27-16-21(22(29)26-15-18-10-8-17(2)9-11-18)23(30)28(24(27)31)20-7-5-6-19(13-20)14-25;2*1-2-3-11-27-15-20(21(29)26-14-16-7-9-18(24)10-8-16)22(30)28(23(27)31)19-6-4-5-17(12-19)13-25/h5-11,13,16H,3-4,12,15H2,1-2H3,(H,26,29);5-11,13,16H,3-4,12,15H2,1-2H3,(H,26,29);2*4-10,12,15H,2-3,11,14H2,1H3,(H,26,29). The summed E-state index contributed by atoms with van der Waals surface area (Å²) in [7, 11) is -3.34. The highest BCUT2D eigenvalue weighted by Crippen LogP contribution is 2.17. The summed E-state index contributed by atoms with van der Waals surface area (Å²) in [4.78, 5) is 156. The highest BCUT2D eigenvalue weighted by Gasteiger charge is 2.25. The first-order chi connectivity index (χ1) is 61.0. The molecule has 0 aliphatic rings. The predicted molar refractivity (Wildman–Crippen MR) is 480 cm³/mol. The van der Waals surface area contributed by atoms with Gasteiger partial charge in [-0.05, 0) is 164 Å². The van der Waals surface area contributed by atoms with Crippen LogP contribution in [0.1, 0.15) is 171 Å². The number of sulfone groups is 1. The molecule has 127 heavy (non-hydrogen) atoms. The first-order valence-electron chi connectivity index (χ1n) is 40.4. The van der Waals surface area contributed by atoms with E-state index >= 15 is 0 Å². The van der Waals surface area contributed by atoms with Crippen LogP contribution in [0.2, 0.25) is 0 Å². The van der Waals surface area contributed by atoms with Crippen LogP contribution in [-0.4, -0.2) is 74.8 Å². The second-order valence-corrected chi connectivity index (χ2v) is 32.0. The zero-order valence-corrected chi connectivity index (χ0v) is 72.7. The van der Waals surface area contributed by atoms with E-state index in [1.165, 1.54) is 116 Å². The summed E-state index contributed by atoms with van der Waals surface area (Å²) >= 11 is 3.36. The number of aromatic nitrogens is 8. The number of aryl methyl sites for hydroxylation is 5. The SMILES string of the molecule is CCCCn1cc(C(=O)NCc2ccc(Br)cc2)c(=O)n(-c2cccc(C#N)c2)c1=O.CCCCn1cc(C(=O)NCc2ccc(C)cc2)c(=O)n(-c2cccc(C#N)c2)c1=O.CCCCn1cc(C(=O)NCc2ccc(F)cc2)c(=O)n(-c2cccc(C#N)c2)c1=O.CCCCn1cc(C(=O)NCc2ccc(S(C)(=O)=O)cc2)c(=O)n(-c2cccc(C#N)c2)c1=O. The number of carbonyl (C=O) groups is 4. The van der Waals surface area contributed by atoms with Crippen molar-refractivity contribution in [3.8, 4) is 47.0 Å². The minimum absolute atomic E-state index is 0.0559. The molecule has 12 aromatic rings. The van der Waals surface area contributed by atoms with Gasteiger partial charge in [0.1, 0.15) is 28.1 Å². The molecule has 33 heteroatoms. The molecular formula is C94H90BrFN16O14S. The molecule has 0 saturated carbocycles. The molecule has 4 N–H and O–H groups in total. The zero-order valence-electron chi connectivity index (χ0n) is 70.3. The Hall–Kier alpha value is -15.3. The summed E-state index contributed by atoms with van der Waals surface area (Å²) in [5, 5.41) is 47.5. The molecule has 0 unspecified atom stereocenters. The Morgan fingerprint density at radius 3 is 0.835 bits per heavy atom. The second kappa shape index (κ2) is 45.7. The Morgan fingerprint density at radius 2 is 0.598 bits per heavy atom. The third kappa shape index (κ3) is 25.4. The van der Waals surface area contributed by atoms with Gasteiger partial charge in [-0.1, -0.05) is 160 Å². The van der Waals surface area contributed by atoms with Crippen molar-refractivity contribution in [2.24, 2.45) is 0 Å². The molecule has 0 aliphatic heterocycles. The van der Waals surface area contributed by atoms with Gasteiger partial charge in [-0.25, -0.2) is 50.3 Å². The molecule has 650 valence electrons. The summed E-state index contributed by atoms with van der Waals surface area (Å²) in [6.45, 7) is 11.9. The fourth-order valence-corrected chi connectivity index (χ4v) is 13.5. The van der Waals surface area contributed by atoms with Crippen molar-refractivity contribution in [3.63, 3.8) is 0 Å². The maximum absolute atomic E-state index is 13.2. The summed E-state index contributed by atoms with van der Waals surface area (Å²) in [6.07, 6.45) is 12.4. The minimum atomic E-state index is -3.34. The van der Waals surface area contributed by atoms with Gasteiger partial charge in [0.2, 0.25) is 0 Å². The smallest absolute Gasteiger partial charge is 0.335 e. The van der Waals surface area contributed by atoms with Gasteiger partial charge in [-0.2, -0.15) is 21.0 Å². The topological polar surface area (TPSA) is 422 Å². The van der Waals surface area contributed by atoms with Gasteiger partial charge in [0.25, 0.3) is 45.9 Å².